The molecule has 2 nitrogen and oxygen atoms in total. The predicted molar refractivity (Wildman–Crippen MR) is 91.6 cm³/mol. The van der Waals surface area contributed by atoms with Crippen LogP contribution < -0.4 is 0 Å². The summed E-state index contributed by atoms with van der Waals surface area (Å²) < 4.78 is 1.00. The summed E-state index contributed by atoms with van der Waals surface area (Å²) in [6.07, 6.45) is 2.57. The third kappa shape index (κ3) is 3.10. The van der Waals surface area contributed by atoms with Gasteiger partial charge >= 0.3 is 0 Å². The first kappa shape index (κ1) is 15.3. The van der Waals surface area contributed by atoms with Gasteiger partial charge in [-0.2, -0.15) is 0 Å². The van der Waals surface area contributed by atoms with Gasteiger partial charge in [0.2, 0.25) is 0 Å². The molecule has 0 spiro atoms. The van der Waals surface area contributed by atoms with Crippen LogP contribution in [-0.2, 0) is 5.60 Å². The van der Waals surface area contributed by atoms with Crippen LogP contribution in [0.15, 0.2) is 47.8 Å². The van der Waals surface area contributed by atoms with Crippen molar-refractivity contribution in [1.29, 1.82) is 0 Å². The Hall–Kier alpha value is -1.60. The van der Waals surface area contributed by atoms with Crippen molar-refractivity contribution in [3.63, 3.8) is 0 Å². The number of quaternary nitrogens is 1. The van der Waals surface area contributed by atoms with E-state index in [1.807, 2.05) is 47.8 Å². The van der Waals surface area contributed by atoms with Gasteiger partial charge in [-0.25, -0.2) is 0 Å². The average Bonchev–Trinajstić information content (AvgIpc) is 3.20. The summed E-state index contributed by atoms with van der Waals surface area (Å²) in [6.45, 7) is 3.19. The Morgan fingerprint density at radius 2 is 1.86 bits per heavy atom. The molecular weight excluding hydrogens is 290 g/mol. The highest BCUT2D eigenvalue weighted by Crippen LogP contribution is 2.32. The van der Waals surface area contributed by atoms with E-state index in [-0.39, 0.29) is 0 Å². The summed E-state index contributed by atoms with van der Waals surface area (Å²) >= 11 is 1.55. The molecule has 1 aliphatic heterocycles. The van der Waals surface area contributed by atoms with Crippen molar-refractivity contribution < 1.29 is 9.59 Å². The molecule has 0 radical (unpaired) electrons. The summed E-state index contributed by atoms with van der Waals surface area (Å²) in [5, 5.41) is 13.2. The largest absolute Gasteiger partial charge is 0.369 e. The molecule has 1 saturated heterocycles. The molecule has 2 heterocycles. The maximum absolute atomic E-state index is 11.2. The van der Waals surface area contributed by atoms with E-state index in [2.05, 4.69) is 18.9 Å². The van der Waals surface area contributed by atoms with E-state index < -0.39 is 5.60 Å². The van der Waals surface area contributed by atoms with Crippen molar-refractivity contribution in [2.75, 3.05) is 26.7 Å². The number of hydrogen-bond acceptors (Lipinski definition) is 2. The van der Waals surface area contributed by atoms with E-state index in [1.165, 1.54) is 25.9 Å². The van der Waals surface area contributed by atoms with Crippen LogP contribution in [-0.4, -0.2) is 36.3 Å². The number of hydrogen-bond donors (Lipinski definition) is 1. The van der Waals surface area contributed by atoms with Crippen LogP contribution in [0.3, 0.4) is 0 Å². The van der Waals surface area contributed by atoms with E-state index in [4.69, 9.17) is 0 Å². The van der Waals surface area contributed by atoms with E-state index in [1.54, 1.807) is 11.3 Å². The number of benzene rings is 1. The topological polar surface area (TPSA) is 20.2 Å². The fourth-order valence-electron chi connectivity index (χ4n) is 3.06. The fourth-order valence-corrected chi connectivity index (χ4v) is 3.86. The highest BCUT2D eigenvalue weighted by Gasteiger charge is 2.31. The first-order chi connectivity index (χ1) is 10.6. The molecule has 0 saturated carbocycles. The number of thiophene rings is 1. The van der Waals surface area contributed by atoms with Gasteiger partial charge in [-0.3, -0.25) is 0 Å². The molecule has 3 rings (SSSR count). The van der Waals surface area contributed by atoms with Crippen molar-refractivity contribution in [2.45, 2.75) is 18.4 Å². The predicted octanol–water partition coefficient (Wildman–Crippen LogP) is 3.23. The molecule has 1 unspecified atom stereocenters. The number of rotatable bonds is 3. The lowest BCUT2D eigenvalue weighted by molar-refractivity contribution is -0.890. The highest BCUT2D eigenvalue weighted by atomic mass is 32.1. The van der Waals surface area contributed by atoms with Gasteiger partial charge in [-0.1, -0.05) is 42.3 Å². The Morgan fingerprint density at radius 1 is 1.14 bits per heavy atom. The Bertz CT molecular complexity index is 662. The average molecular weight is 312 g/mol. The monoisotopic (exact) mass is 312 g/mol. The van der Waals surface area contributed by atoms with Gasteiger partial charge in [0.15, 0.2) is 5.60 Å². The summed E-state index contributed by atoms with van der Waals surface area (Å²) in [7, 11) is 2.26. The molecule has 1 atom stereocenters. The molecule has 22 heavy (non-hydrogen) atoms. The van der Waals surface area contributed by atoms with E-state index in [0.29, 0.717) is 0 Å². The van der Waals surface area contributed by atoms with Gasteiger partial charge in [0.25, 0.3) is 0 Å². The van der Waals surface area contributed by atoms with Crippen molar-refractivity contribution >= 4 is 11.3 Å². The number of nitrogens with zero attached hydrogens (tertiary/aromatic N) is 1. The maximum atomic E-state index is 11.2. The van der Waals surface area contributed by atoms with E-state index in [0.717, 1.165) is 21.5 Å². The first-order valence-electron chi connectivity index (χ1n) is 7.78. The van der Waals surface area contributed by atoms with Gasteiger partial charge in [-0.05, 0) is 17.4 Å². The number of aliphatic hydroxyl groups is 1. The maximum Gasteiger partial charge on any atom is 0.186 e. The summed E-state index contributed by atoms with van der Waals surface area (Å²) in [5.74, 6) is 6.44. The van der Waals surface area contributed by atoms with Crippen LogP contribution in [0.4, 0.5) is 0 Å². The lowest BCUT2D eigenvalue weighted by atomic mass is 9.92. The third-order valence-electron chi connectivity index (χ3n) is 4.45. The Kier molecular flexibility index (Phi) is 4.35. The van der Waals surface area contributed by atoms with Gasteiger partial charge in [0.05, 0.1) is 25.0 Å². The minimum atomic E-state index is -1.20. The summed E-state index contributed by atoms with van der Waals surface area (Å²) in [6, 6.07) is 13.7. The molecule has 114 valence electrons. The highest BCUT2D eigenvalue weighted by molar-refractivity contribution is 7.10. The molecule has 1 aliphatic rings. The molecule has 1 aromatic heterocycles. The van der Waals surface area contributed by atoms with Crippen molar-refractivity contribution in [2.24, 2.45) is 0 Å². The normalized spacial score (nSPS) is 19.2. The Morgan fingerprint density at radius 3 is 2.50 bits per heavy atom. The van der Waals surface area contributed by atoms with E-state index in [9.17, 15) is 5.11 Å². The molecule has 2 aromatic rings. The zero-order valence-electron chi connectivity index (χ0n) is 13.0. The Labute approximate surface area is 136 Å². The van der Waals surface area contributed by atoms with Crippen molar-refractivity contribution in [3.05, 3.63) is 58.3 Å². The van der Waals surface area contributed by atoms with Gasteiger partial charge in [0.1, 0.15) is 6.54 Å². The third-order valence-corrected chi connectivity index (χ3v) is 5.42. The zero-order chi connectivity index (χ0) is 15.5. The summed E-state index contributed by atoms with van der Waals surface area (Å²) in [5.41, 5.74) is -0.358. The second-order valence-corrected chi connectivity index (χ2v) is 7.24. The molecule has 0 bridgehead atoms. The molecule has 3 heteroatoms. The molecular formula is C19H22NOS+. The lowest BCUT2D eigenvalue weighted by Crippen LogP contribution is -2.41. The molecule has 1 N–H and O–H groups in total. The number of likely N-dealkylation sites (tertiary alicyclic amines) is 1. The Balaban J connectivity index is 1.91. The van der Waals surface area contributed by atoms with Crippen LogP contribution in [0.1, 0.15) is 23.3 Å². The van der Waals surface area contributed by atoms with Crippen LogP contribution in [0.5, 0.6) is 0 Å². The van der Waals surface area contributed by atoms with Gasteiger partial charge < -0.3 is 9.59 Å². The smallest absolute Gasteiger partial charge is 0.186 e. The summed E-state index contributed by atoms with van der Waals surface area (Å²) in [4.78, 5) is 0.885. The van der Waals surface area contributed by atoms with Crippen molar-refractivity contribution in [1.82, 2.24) is 0 Å². The van der Waals surface area contributed by atoms with Gasteiger partial charge in [0, 0.05) is 18.4 Å². The lowest BCUT2D eigenvalue weighted by Gasteiger charge is -2.27. The van der Waals surface area contributed by atoms with Crippen LogP contribution in [0, 0.1) is 11.8 Å². The molecule has 1 aromatic carbocycles. The molecule has 1 fully saturated rings. The molecule has 0 amide bonds. The zero-order valence-corrected chi connectivity index (χ0v) is 13.8. The van der Waals surface area contributed by atoms with Crippen molar-refractivity contribution in [3.8, 4) is 11.8 Å². The van der Waals surface area contributed by atoms with Gasteiger partial charge in [-0.15, -0.1) is 11.3 Å². The second-order valence-electron chi connectivity index (χ2n) is 6.29. The minimum Gasteiger partial charge on any atom is -0.369 e. The SMILES string of the molecule is C[N+]1(CC#CC(O)(c2ccccc2)c2cccs2)CCCC1. The van der Waals surface area contributed by atoms with E-state index >= 15 is 0 Å². The van der Waals surface area contributed by atoms with Crippen LogP contribution in [0.2, 0.25) is 0 Å². The van der Waals surface area contributed by atoms with Crippen LogP contribution >= 0.6 is 11.3 Å². The standard InChI is InChI=1S/C19H22NOS/c1-20(13-5-6-14-20)15-8-12-19(21,18-11-7-16-22-18)17-9-3-2-4-10-17/h2-4,7,9-11,16,21H,5-6,13-15H2,1H3/q+1. The molecule has 0 aliphatic carbocycles. The first-order valence-corrected chi connectivity index (χ1v) is 8.66. The minimum absolute atomic E-state index is 0.806. The second kappa shape index (κ2) is 6.26. The quantitative estimate of drug-likeness (QED) is 0.681. The fraction of sp³-hybridized carbons (Fsp3) is 0.368. The van der Waals surface area contributed by atoms with Crippen LogP contribution in [0.25, 0.3) is 0 Å².